The van der Waals surface area contributed by atoms with E-state index in [1.54, 1.807) is 34.6 Å². The van der Waals surface area contributed by atoms with Gasteiger partial charge in [0.25, 0.3) is 11.1 Å². The van der Waals surface area contributed by atoms with Crippen LogP contribution in [-0.4, -0.2) is 74.7 Å². The summed E-state index contributed by atoms with van der Waals surface area (Å²) < 4.78 is 25.3. The predicted octanol–water partition coefficient (Wildman–Crippen LogP) is 2.60. The van der Waals surface area contributed by atoms with E-state index < -0.39 is 18.0 Å². The van der Waals surface area contributed by atoms with Gasteiger partial charge in [0.1, 0.15) is 11.9 Å². The van der Waals surface area contributed by atoms with Crippen LogP contribution < -0.4 is 20.5 Å². The molecule has 3 heterocycles. The predicted molar refractivity (Wildman–Crippen MR) is 137 cm³/mol. The van der Waals surface area contributed by atoms with E-state index >= 15 is 4.39 Å². The third-order valence-electron chi connectivity index (χ3n) is 5.59. The topological polar surface area (TPSA) is 86.4 Å². The maximum absolute atomic E-state index is 15.1. The Morgan fingerprint density at radius 3 is 2.97 bits per heavy atom. The summed E-state index contributed by atoms with van der Waals surface area (Å²) in [5, 5.41) is 6.55. The highest BCUT2D eigenvalue weighted by Crippen LogP contribution is 2.28. The quantitative estimate of drug-likeness (QED) is 0.445. The number of nitrogens with zero attached hydrogens (tertiary/aromatic N) is 3. The first-order chi connectivity index (χ1) is 16.9. The Morgan fingerprint density at radius 2 is 2.23 bits per heavy atom. The second-order valence-electron chi connectivity index (χ2n) is 7.86. The molecule has 9 nitrogen and oxygen atoms in total. The van der Waals surface area contributed by atoms with Gasteiger partial charge >= 0.3 is 6.09 Å². The summed E-state index contributed by atoms with van der Waals surface area (Å²) in [5.74, 6) is -0.603. The molecule has 2 saturated heterocycles. The molecule has 0 unspecified atom stereocenters. The third-order valence-corrected chi connectivity index (χ3v) is 6.74. The number of ether oxygens (including phenoxy) is 2. The van der Waals surface area contributed by atoms with Crippen LogP contribution in [0.15, 0.2) is 41.8 Å². The van der Waals surface area contributed by atoms with Crippen molar-refractivity contribution in [1.29, 1.82) is 0 Å². The number of hydrazine groups is 1. The van der Waals surface area contributed by atoms with Crippen molar-refractivity contribution < 1.29 is 23.5 Å². The van der Waals surface area contributed by atoms with E-state index in [4.69, 9.17) is 21.7 Å². The Balaban J connectivity index is 1.35. The lowest BCUT2D eigenvalue weighted by Crippen LogP contribution is -2.42. The molecule has 4 rings (SSSR count). The molecule has 2 aliphatic rings. The average molecular weight is 520 g/mol. The van der Waals surface area contributed by atoms with Crippen LogP contribution >= 0.6 is 23.6 Å². The van der Waals surface area contributed by atoms with Crippen LogP contribution in [0.2, 0.25) is 0 Å². The number of methoxy groups -OCH3 is 1. The molecule has 0 spiro atoms. The van der Waals surface area contributed by atoms with Gasteiger partial charge in [0.2, 0.25) is 0 Å². The molecule has 0 saturated carbocycles. The van der Waals surface area contributed by atoms with Crippen molar-refractivity contribution in [2.45, 2.75) is 6.10 Å². The Kier molecular flexibility index (Phi) is 8.16. The zero-order chi connectivity index (χ0) is 24.8. The monoisotopic (exact) mass is 519 g/mol. The summed E-state index contributed by atoms with van der Waals surface area (Å²) in [5.41, 5.74) is 3.93. The number of carbonyl (C=O) groups excluding carboxylic acids is 2. The van der Waals surface area contributed by atoms with Crippen LogP contribution in [0.3, 0.4) is 0 Å². The number of carbonyl (C=O) groups is 2. The third kappa shape index (κ3) is 6.27. The molecule has 2 aromatic rings. The van der Waals surface area contributed by atoms with Crippen LogP contribution in [0.4, 0.5) is 20.6 Å². The summed E-state index contributed by atoms with van der Waals surface area (Å²) in [7, 11) is 1.45. The van der Waals surface area contributed by atoms with Gasteiger partial charge in [-0.3, -0.25) is 14.7 Å². The number of rotatable bonds is 6. The maximum atomic E-state index is 15.1. The minimum Gasteiger partial charge on any atom is -0.474 e. The van der Waals surface area contributed by atoms with Gasteiger partial charge in [-0.05, 0) is 47.9 Å². The molecule has 1 aromatic carbocycles. The number of hydrogen-bond donors (Lipinski definition) is 2. The van der Waals surface area contributed by atoms with E-state index in [2.05, 4.69) is 10.7 Å². The molecule has 1 atom stereocenters. The molecular weight excluding hydrogens is 493 g/mol. The fourth-order valence-electron chi connectivity index (χ4n) is 3.82. The molecule has 2 N–H and O–H groups in total. The van der Waals surface area contributed by atoms with Crippen molar-refractivity contribution >= 4 is 58.2 Å². The summed E-state index contributed by atoms with van der Waals surface area (Å²) >= 11 is 6.48. The molecule has 35 heavy (non-hydrogen) atoms. The highest BCUT2D eigenvalue weighted by Gasteiger charge is 2.33. The molecule has 186 valence electrons. The highest BCUT2D eigenvalue weighted by atomic mass is 32.1. The molecule has 1 aromatic heterocycles. The van der Waals surface area contributed by atoms with Gasteiger partial charge in [-0.25, -0.2) is 14.6 Å². The summed E-state index contributed by atoms with van der Waals surface area (Å²) in [4.78, 5) is 29.1. The van der Waals surface area contributed by atoms with Crippen LogP contribution in [0.5, 0.6) is 0 Å². The molecule has 0 aliphatic carbocycles. The second-order valence-corrected chi connectivity index (χ2v) is 9.21. The number of benzene rings is 1. The van der Waals surface area contributed by atoms with E-state index in [1.807, 2.05) is 22.4 Å². The number of thiocarbonyl (C=S) groups is 1. The van der Waals surface area contributed by atoms with E-state index in [0.717, 1.165) is 4.88 Å². The van der Waals surface area contributed by atoms with Crippen LogP contribution in [0.25, 0.3) is 6.08 Å². The van der Waals surface area contributed by atoms with Crippen molar-refractivity contribution in [1.82, 2.24) is 15.8 Å². The molecule has 2 aliphatic heterocycles. The van der Waals surface area contributed by atoms with Gasteiger partial charge in [-0.15, -0.1) is 11.3 Å². The Morgan fingerprint density at radius 1 is 1.37 bits per heavy atom. The number of halogens is 1. The Bertz CT molecular complexity index is 1100. The first kappa shape index (κ1) is 24.9. The molecule has 0 bridgehead atoms. The van der Waals surface area contributed by atoms with Crippen LogP contribution in [-0.2, 0) is 14.3 Å². The van der Waals surface area contributed by atoms with E-state index in [0.29, 0.717) is 44.1 Å². The second kappa shape index (κ2) is 11.5. The van der Waals surface area contributed by atoms with E-state index in [9.17, 15) is 9.59 Å². The molecule has 0 radical (unpaired) electrons. The standard InChI is InChI=1S/C23H26FN5O4S2/c1-32-22(34)25-14-17-15-28(23(31)33-17)16-4-6-20(19(24)13-16)27-9-8-26-29(11-10-27)21(30)7-5-18-3-2-12-35-18/h2-7,12-13,17,26H,8-11,14-15H2,1H3,(H,25,34)/b7-5+/t17-/m0/s1. The van der Waals surface area contributed by atoms with Gasteiger partial charge in [0.05, 0.1) is 38.1 Å². The van der Waals surface area contributed by atoms with Gasteiger partial charge in [-0.1, -0.05) is 6.07 Å². The zero-order valence-electron chi connectivity index (χ0n) is 19.1. The lowest BCUT2D eigenvalue weighted by Gasteiger charge is -2.24. The smallest absolute Gasteiger partial charge is 0.414 e. The number of nitrogens with one attached hydrogen (secondary N) is 2. The van der Waals surface area contributed by atoms with Crippen LogP contribution in [0, 0.1) is 5.82 Å². The maximum Gasteiger partial charge on any atom is 0.414 e. The van der Waals surface area contributed by atoms with Crippen molar-refractivity contribution in [3.8, 4) is 0 Å². The number of thiophene rings is 1. The first-order valence-electron chi connectivity index (χ1n) is 11.1. The van der Waals surface area contributed by atoms with Gasteiger partial charge < -0.3 is 19.7 Å². The van der Waals surface area contributed by atoms with Crippen molar-refractivity contribution in [2.24, 2.45) is 0 Å². The SMILES string of the molecule is COC(=S)NC[C@H]1CN(c2ccc(N3CCNN(C(=O)/C=C/c4cccs4)CC3)c(F)c2)C(=O)O1. The lowest BCUT2D eigenvalue weighted by atomic mass is 10.2. The minimum atomic E-state index is -0.545. The van der Waals surface area contributed by atoms with Crippen LogP contribution in [0.1, 0.15) is 4.88 Å². The number of anilines is 2. The highest BCUT2D eigenvalue weighted by molar-refractivity contribution is 7.80. The normalized spacial score (nSPS) is 18.5. The molecule has 2 fully saturated rings. The van der Waals surface area contributed by atoms with Gasteiger partial charge in [0.15, 0.2) is 0 Å². The van der Waals surface area contributed by atoms with Gasteiger partial charge in [-0.2, -0.15) is 0 Å². The number of cyclic esters (lactones) is 1. The lowest BCUT2D eigenvalue weighted by molar-refractivity contribution is -0.128. The number of amides is 2. The van der Waals surface area contributed by atoms with Gasteiger partial charge in [0, 0.05) is 30.6 Å². The average Bonchev–Trinajstić information content (AvgIpc) is 3.44. The van der Waals surface area contributed by atoms with E-state index in [-0.39, 0.29) is 17.6 Å². The Labute approximate surface area is 212 Å². The molecule has 2 amide bonds. The largest absolute Gasteiger partial charge is 0.474 e. The Hall–Kier alpha value is -3.22. The summed E-state index contributed by atoms with van der Waals surface area (Å²) in [6.45, 7) is 2.42. The fraction of sp³-hybridized carbons (Fsp3) is 0.348. The minimum absolute atomic E-state index is 0.154. The molecular formula is C23H26FN5O4S2. The van der Waals surface area contributed by atoms with Crippen molar-refractivity contribution in [2.75, 3.05) is 56.2 Å². The summed E-state index contributed by atoms with van der Waals surface area (Å²) in [6.07, 6.45) is 2.33. The number of hydrogen-bond acceptors (Lipinski definition) is 8. The zero-order valence-corrected chi connectivity index (χ0v) is 20.7. The summed E-state index contributed by atoms with van der Waals surface area (Å²) in [6, 6.07) is 8.54. The first-order valence-corrected chi connectivity index (χ1v) is 12.3. The fourth-order valence-corrected chi connectivity index (χ4v) is 4.52. The van der Waals surface area contributed by atoms with Crippen molar-refractivity contribution in [3.05, 3.63) is 52.5 Å². The van der Waals surface area contributed by atoms with Crippen molar-refractivity contribution in [3.63, 3.8) is 0 Å². The van der Waals surface area contributed by atoms with E-state index in [1.165, 1.54) is 24.2 Å². The molecule has 12 heteroatoms.